The number of hydrogen-bond acceptors (Lipinski definition) is 2. The van der Waals surface area contributed by atoms with E-state index in [1.165, 1.54) is 63.4 Å². The van der Waals surface area contributed by atoms with Gasteiger partial charge in [-0.1, -0.05) is 19.3 Å². The Balaban J connectivity index is 1.36. The standard InChI is InChI=1S/C18H28N2O/c19-17(14-4-5-14)15-7-11-20(12-15)13-16-6-10-18(21-16)8-2-1-3-9-18/h7,11-12,14,16-17H,1-6,8-10,13,19H2. The van der Waals surface area contributed by atoms with E-state index in [1.54, 1.807) is 0 Å². The molecule has 2 N–H and O–H groups in total. The van der Waals surface area contributed by atoms with E-state index in [9.17, 15) is 0 Å². The molecule has 3 fully saturated rings. The van der Waals surface area contributed by atoms with Crippen LogP contribution in [0, 0.1) is 5.92 Å². The summed E-state index contributed by atoms with van der Waals surface area (Å²) in [5.74, 6) is 0.731. The predicted octanol–water partition coefficient (Wildman–Crippen LogP) is 3.78. The summed E-state index contributed by atoms with van der Waals surface area (Å²) in [7, 11) is 0. The lowest BCUT2D eigenvalue weighted by molar-refractivity contribution is -0.0679. The molecule has 0 bridgehead atoms. The summed E-state index contributed by atoms with van der Waals surface area (Å²) in [4.78, 5) is 0. The van der Waals surface area contributed by atoms with Crippen molar-refractivity contribution < 1.29 is 4.74 Å². The summed E-state index contributed by atoms with van der Waals surface area (Å²) >= 11 is 0. The number of nitrogens with two attached hydrogens (primary N) is 1. The van der Waals surface area contributed by atoms with Crippen LogP contribution >= 0.6 is 0 Å². The Morgan fingerprint density at radius 3 is 2.76 bits per heavy atom. The van der Waals surface area contributed by atoms with Gasteiger partial charge in [0.25, 0.3) is 0 Å². The fraction of sp³-hybridized carbons (Fsp3) is 0.778. The summed E-state index contributed by atoms with van der Waals surface area (Å²) < 4.78 is 8.77. The van der Waals surface area contributed by atoms with Gasteiger partial charge in [0.1, 0.15) is 0 Å². The minimum absolute atomic E-state index is 0.239. The molecule has 21 heavy (non-hydrogen) atoms. The third-order valence-electron chi connectivity index (χ3n) is 5.81. The van der Waals surface area contributed by atoms with Crippen LogP contribution in [0.5, 0.6) is 0 Å². The molecule has 1 aliphatic heterocycles. The fourth-order valence-electron chi connectivity index (χ4n) is 4.32. The molecule has 116 valence electrons. The van der Waals surface area contributed by atoms with E-state index < -0.39 is 0 Å². The highest BCUT2D eigenvalue weighted by molar-refractivity contribution is 5.17. The van der Waals surface area contributed by atoms with Crippen molar-refractivity contribution in [2.24, 2.45) is 11.7 Å². The van der Waals surface area contributed by atoms with Crippen molar-refractivity contribution in [1.82, 2.24) is 4.57 Å². The van der Waals surface area contributed by atoms with Crippen LogP contribution in [0.25, 0.3) is 0 Å². The molecule has 2 aliphatic carbocycles. The first kappa shape index (κ1) is 13.8. The summed E-state index contributed by atoms with van der Waals surface area (Å²) in [6.45, 7) is 0.999. The zero-order chi connectivity index (χ0) is 14.3. The first-order valence-electron chi connectivity index (χ1n) is 8.83. The van der Waals surface area contributed by atoms with Crippen LogP contribution in [0.2, 0.25) is 0 Å². The third-order valence-corrected chi connectivity index (χ3v) is 5.81. The van der Waals surface area contributed by atoms with Crippen LogP contribution in [0.3, 0.4) is 0 Å². The first-order chi connectivity index (χ1) is 10.2. The largest absolute Gasteiger partial charge is 0.370 e. The molecule has 3 heteroatoms. The lowest BCUT2D eigenvalue weighted by Gasteiger charge is -2.33. The number of aromatic nitrogens is 1. The average Bonchev–Trinajstić information content (AvgIpc) is 3.14. The van der Waals surface area contributed by atoms with Crippen LogP contribution in [-0.4, -0.2) is 16.3 Å². The molecule has 3 nitrogen and oxygen atoms in total. The molecule has 1 aromatic rings. The normalized spacial score (nSPS) is 29.9. The maximum atomic E-state index is 6.47. The lowest BCUT2D eigenvalue weighted by atomic mass is 9.83. The smallest absolute Gasteiger partial charge is 0.0762 e. The van der Waals surface area contributed by atoms with Crippen LogP contribution in [-0.2, 0) is 11.3 Å². The number of nitrogens with zero attached hydrogens (tertiary/aromatic N) is 1. The molecule has 2 saturated carbocycles. The highest BCUT2D eigenvalue weighted by atomic mass is 16.5. The summed E-state index contributed by atoms with van der Waals surface area (Å²) in [5.41, 5.74) is 7.84. The molecule has 2 heterocycles. The maximum Gasteiger partial charge on any atom is 0.0762 e. The van der Waals surface area contributed by atoms with Crippen molar-refractivity contribution in [2.45, 2.75) is 82.1 Å². The Hall–Kier alpha value is -0.800. The van der Waals surface area contributed by atoms with Crippen molar-refractivity contribution in [3.63, 3.8) is 0 Å². The highest BCUT2D eigenvalue weighted by Gasteiger charge is 2.40. The topological polar surface area (TPSA) is 40.2 Å². The molecular weight excluding hydrogens is 260 g/mol. The van der Waals surface area contributed by atoms with Crippen molar-refractivity contribution >= 4 is 0 Å². The molecule has 1 aromatic heterocycles. The molecule has 3 aliphatic rings. The lowest BCUT2D eigenvalue weighted by Crippen LogP contribution is -2.32. The summed E-state index contributed by atoms with van der Waals surface area (Å²) in [6.07, 6.45) is 16.6. The Morgan fingerprint density at radius 1 is 1.19 bits per heavy atom. The molecule has 0 aromatic carbocycles. The van der Waals surface area contributed by atoms with E-state index in [4.69, 9.17) is 10.5 Å². The Morgan fingerprint density at radius 2 is 2.00 bits per heavy atom. The summed E-state index contributed by atoms with van der Waals surface area (Å²) in [5, 5.41) is 0. The van der Waals surface area contributed by atoms with Gasteiger partial charge >= 0.3 is 0 Å². The zero-order valence-electron chi connectivity index (χ0n) is 13.0. The molecule has 4 rings (SSSR count). The van der Waals surface area contributed by atoms with E-state index >= 15 is 0 Å². The molecule has 2 unspecified atom stereocenters. The van der Waals surface area contributed by atoms with Gasteiger partial charge in [0, 0.05) is 25.0 Å². The third kappa shape index (κ3) is 2.91. The molecule has 0 amide bonds. The van der Waals surface area contributed by atoms with E-state index in [0.717, 1.165) is 12.5 Å². The zero-order valence-corrected chi connectivity index (χ0v) is 13.0. The molecule has 1 saturated heterocycles. The van der Waals surface area contributed by atoms with Crippen LogP contribution in [0.1, 0.15) is 69.4 Å². The predicted molar refractivity (Wildman–Crippen MR) is 84.0 cm³/mol. The van der Waals surface area contributed by atoms with Crippen molar-refractivity contribution in [3.8, 4) is 0 Å². The second-order valence-electron chi connectivity index (χ2n) is 7.53. The van der Waals surface area contributed by atoms with E-state index in [0.29, 0.717) is 6.10 Å². The molecule has 1 spiro atoms. The average molecular weight is 288 g/mol. The Bertz CT molecular complexity index is 485. The van der Waals surface area contributed by atoms with Gasteiger partial charge in [-0.05, 0) is 56.1 Å². The van der Waals surface area contributed by atoms with Gasteiger partial charge in [-0.2, -0.15) is 0 Å². The van der Waals surface area contributed by atoms with Crippen molar-refractivity contribution in [1.29, 1.82) is 0 Å². The van der Waals surface area contributed by atoms with Crippen LogP contribution in [0.15, 0.2) is 18.5 Å². The Labute approximate surface area is 127 Å². The van der Waals surface area contributed by atoms with Gasteiger partial charge in [-0.25, -0.2) is 0 Å². The molecular formula is C18H28N2O. The van der Waals surface area contributed by atoms with E-state index in [2.05, 4.69) is 23.0 Å². The van der Waals surface area contributed by atoms with Crippen LogP contribution in [0.4, 0.5) is 0 Å². The maximum absolute atomic E-state index is 6.47. The quantitative estimate of drug-likeness (QED) is 0.916. The van der Waals surface area contributed by atoms with E-state index in [1.807, 2.05) is 0 Å². The number of hydrogen-bond donors (Lipinski definition) is 1. The highest BCUT2D eigenvalue weighted by Crippen LogP contribution is 2.42. The van der Waals surface area contributed by atoms with Gasteiger partial charge in [-0.3, -0.25) is 0 Å². The second-order valence-corrected chi connectivity index (χ2v) is 7.53. The van der Waals surface area contributed by atoms with Gasteiger partial charge in [-0.15, -0.1) is 0 Å². The van der Waals surface area contributed by atoms with Gasteiger partial charge < -0.3 is 15.0 Å². The van der Waals surface area contributed by atoms with Crippen LogP contribution < -0.4 is 5.73 Å². The first-order valence-corrected chi connectivity index (χ1v) is 8.83. The molecule has 2 atom stereocenters. The fourth-order valence-corrected chi connectivity index (χ4v) is 4.32. The second kappa shape index (κ2) is 5.44. The minimum atomic E-state index is 0.239. The van der Waals surface area contributed by atoms with Crippen molar-refractivity contribution in [2.75, 3.05) is 0 Å². The Kier molecular flexibility index (Phi) is 3.58. The van der Waals surface area contributed by atoms with Gasteiger partial charge in [0.05, 0.1) is 11.7 Å². The van der Waals surface area contributed by atoms with Crippen molar-refractivity contribution in [3.05, 3.63) is 24.0 Å². The SMILES string of the molecule is NC(c1ccn(CC2CCC3(CCCCC3)O2)c1)C1CC1. The monoisotopic (exact) mass is 288 g/mol. The number of ether oxygens (including phenoxy) is 1. The number of rotatable bonds is 4. The van der Waals surface area contributed by atoms with E-state index in [-0.39, 0.29) is 11.6 Å². The van der Waals surface area contributed by atoms with Gasteiger partial charge in [0.2, 0.25) is 0 Å². The summed E-state index contributed by atoms with van der Waals surface area (Å²) in [6, 6.07) is 2.45. The minimum Gasteiger partial charge on any atom is -0.370 e. The molecule has 0 radical (unpaired) electrons. The van der Waals surface area contributed by atoms with Gasteiger partial charge in [0.15, 0.2) is 0 Å².